The highest BCUT2D eigenvalue weighted by Gasteiger charge is 2.45. The Morgan fingerprint density at radius 3 is 2.46 bits per heavy atom. The molecule has 2 aliphatic heterocycles. The van der Waals surface area contributed by atoms with Crippen LogP contribution < -0.4 is 25.4 Å². The number of nitrogens with one attached hydrogen (secondary N) is 1. The zero-order chi connectivity index (χ0) is 29.4. The van der Waals surface area contributed by atoms with Crippen LogP contribution >= 0.6 is 0 Å². The number of hydrogen-bond acceptors (Lipinski definition) is 8. The van der Waals surface area contributed by atoms with Gasteiger partial charge in [-0.15, -0.1) is 0 Å². The lowest BCUT2D eigenvalue weighted by molar-refractivity contribution is -0.198. The van der Waals surface area contributed by atoms with Crippen molar-refractivity contribution in [1.82, 2.24) is 15.3 Å². The number of benzene rings is 2. The van der Waals surface area contributed by atoms with Crippen LogP contribution in [0.1, 0.15) is 30.9 Å². The van der Waals surface area contributed by atoms with Crippen molar-refractivity contribution < 1.29 is 36.9 Å². The minimum atomic E-state index is -4.80. The molecule has 9 nitrogen and oxygen atoms in total. The van der Waals surface area contributed by atoms with Crippen LogP contribution in [0.2, 0.25) is 0 Å². The number of piperidine rings is 1. The van der Waals surface area contributed by atoms with E-state index < -0.39 is 30.1 Å². The van der Waals surface area contributed by atoms with E-state index in [1.807, 2.05) is 4.90 Å². The molecule has 2 atom stereocenters. The van der Waals surface area contributed by atoms with Gasteiger partial charge in [0.05, 0.1) is 7.11 Å². The topological polar surface area (TPSA) is 123 Å². The van der Waals surface area contributed by atoms with Crippen LogP contribution in [0.3, 0.4) is 0 Å². The molecule has 218 valence electrons. The van der Waals surface area contributed by atoms with E-state index >= 15 is 0 Å². The van der Waals surface area contributed by atoms with Crippen LogP contribution in [0.25, 0.3) is 11.1 Å². The van der Waals surface area contributed by atoms with Crippen LogP contribution in [0, 0.1) is 11.2 Å². The van der Waals surface area contributed by atoms with Crippen molar-refractivity contribution in [3.05, 3.63) is 59.9 Å². The number of halogens is 4. The van der Waals surface area contributed by atoms with Gasteiger partial charge < -0.3 is 30.5 Å². The third-order valence-electron chi connectivity index (χ3n) is 7.75. The molecule has 13 heteroatoms. The molecule has 3 heterocycles. The molecule has 2 aliphatic rings. The number of methoxy groups -OCH3 is 1. The summed E-state index contributed by atoms with van der Waals surface area (Å²) in [7, 11) is 1.43. The van der Waals surface area contributed by atoms with Crippen LogP contribution in [0.4, 0.5) is 29.3 Å². The Hall–Kier alpha value is -4.13. The minimum Gasteiger partial charge on any atom is -0.497 e. The van der Waals surface area contributed by atoms with Gasteiger partial charge in [0, 0.05) is 36.8 Å². The molecule has 1 aromatic heterocycles. The fraction of sp³-hybridized carbons (Fsp3) is 0.393. The van der Waals surface area contributed by atoms with Crippen molar-refractivity contribution in [2.75, 3.05) is 37.4 Å². The highest BCUT2D eigenvalue weighted by molar-refractivity contribution is 5.74. The fourth-order valence-electron chi connectivity index (χ4n) is 5.47. The zero-order valence-electron chi connectivity index (χ0n) is 22.1. The maximum Gasteiger partial charge on any atom is 0.429 e. The molecule has 5 rings (SSSR count). The summed E-state index contributed by atoms with van der Waals surface area (Å²) >= 11 is 0. The monoisotopic (exact) mass is 575 g/mol. The number of ether oxygens (including phenoxy) is 2. The molecule has 3 aromatic rings. The van der Waals surface area contributed by atoms with E-state index in [0.29, 0.717) is 56.0 Å². The molecule has 0 amide bonds. The molecule has 2 fully saturated rings. The van der Waals surface area contributed by atoms with Gasteiger partial charge in [0.2, 0.25) is 17.9 Å². The molecule has 0 bridgehead atoms. The second-order valence-corrected chi connectivity index (χ2v) is 10.4. The SMILES string of the molecule is COc1ccc(F)c(-c2ccc([C@@H](Oc3cc(N4CCC5(CC4)CNC(C(=O)O)C5)nc(N)n3)C(F)(F)F)cc2)c1. The van der Waals surface area contributed by atoms with E-state index in [9.17, 15) is 27.5 Å². The molecular weight excluding hydrogens is 546 g/mol. The molecule has 2 aromatic carbocycles. The number of aromatic nitrogens is 2. The molecule has 0 saturated carbocycles. The van der Waals surface area contributed by atoms with Crippen LogP contribution in [-0.4, -0.2) is 60.0 Å². The number of aliphatic carboxylic acids is 1. The van der Waals surface area contributed by atoms with Gasteiger partial charge in [-0.1, -0.05) is 24.3 Å². The predicted octanol–water partition coefficient (Wildman–Crippen LogP) is 4.59. The lowest BCUT2D eigenvalue weighted by atomic mass is 9.76. The fourth-order valence-corrected chi connectivity index (χ4v) is 5.47. The Kier molecular flexibility index (Phi) is 7.64. The van der Waals surface area contributed by atoms with Gasteiger partial charge in [-0.3, -0.25) is 4.79 Å². The average Bonchev–Trinajstić information content (AvgIpc) is 3.35. The van der Waals surface area contributed by atoms with Gasteiger partial charge in [0.15, 0.2) is 0 Å². The van der Waals surface area contributed by atoms with Gasteiger partial charge in [-0.2, -0.15) is 23.1 Å². The van der Waals surface area contributed by atoms with Gasteiger partial charge in [0.25, 0.3) is 0 Å². The maximum atomic E-state index is 14.4. The normalized spacial score (nSPS) is 19.2. The summed E-state index contributed by atoms with van der Waals surface area (Å²) < 4.78 is 67.3. The van der Waals surface area contributed by atoms with Crippen molar-refractivity contribution in [1.29, 1.82) is 0 Å². The summed E-state index contributed by atoms with van der Waals surface area (Å²) in [4.78, 5) is 21.3. The molecule has 4 N–H and O–H groups in total. The van der Waals surface area contributed by atoms with E-state index in [4.69, 9.17) is 15.2 Å². The molecule has 1 unspecified atom stereocenters. The number of carbonyl (C=O) groups is 1. The van der Waals surface area contributed by atoms with Crippen LogP contribution in [0.15, 0.2) is 48.5 Å². The smallest absolute Gasteiger partial charge is 0.429 e. The first-order chi connectivity index (χ1) is 19.5. The number of carboxylic acid groups (broad SMARTS) is 1. The van der Waals surface area contributed by atoms with Crippen LogP contribution in [0.5, 0.6) is 11.6 Å². The maximum absolute atomic E-state index is 14.4. The Labute approximate surface area is 233 Å². The van der Waals surface area contributed by atoms with E-state index in [-0.39, 0.29) is 28.4 Å². The van der Waals surface area contributed by atoms with E-state index in [2.05, 4.69) is 15.3 Å². The van der Waals surface area contributed by atoms with Crippen LogP contribution in [-0.2, 0) is 4.79 Å². The van der Waals surface area contributed by atoms with Crippen molar-refractivity contribution in [2.45, 2.75) is 37.6 Å². The average molecular weight is 576 g/mol. The number of rotatable bonds is 7. The first kappa shape index (κ1) is 28.4. The summed E-state index contributed by atoms with van der Waals surface area (Å²) in [5.41, 5.74) is 6.04. The largest absolute Gasteiger partial charge is 0.497 e. The van der Waals surface area contributed by atoms with Crippen molar-refractivity contribution in [3.63, 3.8) is 0 Å². The number of nitrogens with zero attached hydrogens (tertiary/aromatic N) is 3. The van der Waals surface area contributed by atoms with Gasteiger partial charge in [-0.05, 0) is 48.4 Å². The number of anilines is 2. The van der Waals surface area contributed by atoms with Gasteiger partial charge >= 0.3 is 12.1 Å². The second-order valence-electron chi connectivity index (χ2n) is 10.4. The Bertz CT molecular complexity index is 1410. The van der Waals surface area contributed by atoms with E-state index in [1.54, 1.807) is 0 Å². The number of hydrogen-bond donors (Lipinski definition) is 3. The van der Waals surface area contributed by atoms with Crippen molar-refractivity contribution in [2.24, 2.45) is 5.41 Å². The predicted molar refractivity (Wildman–Crippen MR) is 142 cm³/mol. The highest BCUT2D eigenvalue weighted by Crippen LogP contribution is 2.41. The van der Waals surface area contributed by atoms with E-state index in [1.165, 1.54) is 55.6 Å². The van der Waals surface area contributed by atoms with Crippen molar-refractivity contribution >= 4 is 17.7 Å². The summed E-state index contributed by atoms with van der Waals surface area (Å²) in [5.74, 6) is -1.26. The van der Waals surface area contributed by atoms with Gasteiger partial charge in [0.1, 0.15) is 23.4 Å². The molecule has 0 aliphatic carbocycles. The first-order valence-corrected chi connectivity index (χ1v) is 13.0. The molecule has 41 heavy (non-hydrogen) atoms. The summed E-state index contributed by atoms with van der Waals surface area (Å²) in [6, 6.07) is 10.1. The Morgan fingerprint density at radius 2 is 1.85 bits per heavy atom. The summed E-state index contributed by atoms with van der Waals surface area (Å²) in [5, 5.41) is 12.4. The molecule has 1 spiro atoms. The number of alkyl halides is 3. The lowest BCUT2D eigenvalue weighted by Crippen LogP contribution is -2.41. The van der Waals surface area contributed by atoms with Crippen molar-refractivity contribution in [3.8, 4) is 22.8 Å². The molecular formula is C28H29F4N5O4. The standard InChI is InChI=1S/C28H29F4N5O4/c1-40-18-6-7-20(29)19(12-18)16-2-4-17(5-3-16)24(28(30,31)32)41-23-13-22(35-26(33)36-23)37-10-8-27(9-11-37)14-21(25(38)39)34-15-27/h2-7,12-13,21,24,34H,8-11,14-15H2,1H3,(H,38,39)(H2,33,35,36)/t21?,24-/m1/s1. The summed E-state index contributed by atoms with van der Waals surface area (Å²) in [6.07, 6.45) is -5.26. The Balaban J connectivity index is 1.33. The molecule has 0 radical (unpaired) electrons. The Morgan fingerprint density at radius 1 is 1.15 bits per heavy atom. The highest BCUT2D eigenvalue weighted by atomic mass is 19.4. The number of nitrogens with two attached hydrogens (primary N) is 1. The number of carboxylic acids is 1. The third kappa shape index (κ3) is 6.14. The quantitative estimate of drug-likeness (QED) is 0.347. The zero-order valence-corrected chi connectivity index (χ0v) is 22.1. The summed E-state index contributed by atoms with van der Waals surface area (Å²) in [6.45, 7) is 1.64. The first-order valence-electron chi connectivity index (χ1n) is 13.0. The van der Waals surface area contributed by atoms with E-state index in [0.717, 1.165) is 0 Å². The second kappa shape index (κ2) is 11.0. The minimum absolute atomic E-state index is 0.154. The van der Waals surface area contributed by atoms with Gasteiger partial charge in [-0.25, -0.2) is 4.39 Å². The third-order valence-corrected chi connectivity index (χ3v) is 7.75. The number of nitrogen functional groups attached to an aromatic ring is 1. The molecule has 2 saturated heterocycles. The lowest BCUT2D eigenvalue weighted by Gasteiger charge is -2.39.